The van der Waals surface area contributed by atoms with E-state index in [4.69, 9.17) is 0 Å². The van der Waals surface area contributed by atoms with Crippen LogP contribution in [0.4, 0.5) is 19.0 Å². The number of halogens is 3. The molecule has 0 aliphatic carbocycles. The molecule has 0 saturated carbocycles. The van der Waals surface area contributed by atoms with E-state index in [1.165, 1.54) is 17.2 Å². The number of hydrogen-bond acceptors (Lipinski definition) is 3. The lowest BCUT2D eigenvalue weighted by molar-refractivity contribution is -0.141. The second-order valence-electron chi connectivity index (χ2n) is 4.40. The van der Waals surface area contributed by atoms with E-state index in [1.54, 1.807) is 0 Å². The summed E-state index contributed by atoms with van der Waals surface area (Å²) in [7, 11) is 0. The van der Waals surface area contributed by atoms with Gasteiger partial charge < -0.3 is 5.32 Å². The van der Waals surface area contributed by atoms with E-state index < -0.39 is 11.9 Å². The number of rotatable bonds is 4. The highest BCUT2D eigenvalue weighted by atomic mass is 19.4. The topological polar surface area (TPSA) is 37.8 Å². The highest BCUT2D eigenvalue weighted by Gasteiger charge is 2.32. The monoisotopic (exact) mass is 281 g/mol. The molecule has 1 aromatic carbocycles. The minimum absolute atomic E-state index is 0.339. The van der Waals surface area contributed by atoms with Crippen molar-refractivity contribution < 1.29 is 13.2 Å². The number of benzene rings is 1. The second-order valence-corrected chi connectivity index (χ2v) is 4.40. The van der Waals surface area contributed by atoms with Crippen LogP contribution >= 0.6 is 0 Å². The second kappa shape index (κ2) is 5.90. The normalized spacial score (nSPS) is 11.4. The van der Waals surface area contributed by atoms with E-state index >= 15 is 0 Å². The summed E-state index contributed by atoms with van der Waals surface area (Å²) in [6.07, 6.45) is -3.68. The van der Waals surface area contributed by atoms with E-state index in [0.717, 1.165) is 12.5 Å². The molecule has 0 spiro atoms. The maximum atomic E-state index is 12.3. The Hall–Kier alpha value is -2.11. The van der Waals surface area contributed by atoms with E-state index in [-0.39, 0.29) is 0 Å². The van der Waals surface area contributed by atoms with Crippen LogP contribution in [-0.2, 0) is 12.6 Å². The van der Waals surface area contributed by atoms with Crippen molar-refractivity contribution in [3.63, 3.8) is 0 Å². The predicted molar refractivity (Wildman–Crippen MR) is 70.4 cm³/mol. The zero-order valence-electron chi connectivity index (χ0n) is 10.9. The van der Waals surface area contributed by atoms with Gasteiger partial charge in [0.2, 0.25) is 0 Å². The summed E-state index contributed by atoms with van der Waals surface area (Å²) in [6, 6.07) is 10.2. The van der Waals surface area contributed by atoms with Crippen LogP contribution in [0.15, 0.2) is 36.4 Å². The van der Waals surface area contributed by atoms with E-state index in [2.05, 4.69) is 15.5 Å². The lowest BCUT2D eigenvalue weighted by Gasteiger charge is -2.08. The lowest BCUT2D eigenvalue weighted by Crippen LogP contribution is -2.12. The van der Waals surface area contributed by atoms with Crippen molar-refractivity contribution in [1.29, 1.82) is 0 Å². The average molecular weight is 281 g/mol. The van der Waals surface area contributed by atoms with Crippen molar-refractivity contribution >= 4 is 5.82 Å². The molecule has 0 unspecified atom stereocenters. The van der Waals surface area contributed by atoms with Crippen LogP contribution in [0.2, 0.25) is 0 Å². The first kappa shape index (κ1) is 14.3. The third-order valence-corrected chi connectivity index (χ3v) is 2.92. The van der Waals surface area contributed by atoms with Gasteiger partial charge in [0.05, 0.1) is 0 Å². The lowest BCUT2D eigenvalue weighted by atomic mass is 10.1. The summed E-state index contributed by atoms with van der Waals surface area (Å²) in [6.45, 7) is 2.61. The predicted octanol–water partition coefficient (Wildman–Crippen LogP) is 3.46. The number of anilines is 1. The van der Waals surface area contributed by atoms with Gasteiger partial charge in [-0.1, -0.05) is 24.3 Å². The Bertz CT molecular complexity index is 565. The fourth-order valence-corrected chi connectivity index (χ4v) is 1.79. The molecule has 0 atom stereocenters. The Morgan fingerprint density at radius 1 is 1.05 bits per heavy atom. The Morgan fingerprint density at radius 3 is 2.40 bits per heavy atom. The van der Waals surface area contributed by atoms with Crippen LogP contribution in [0.5, 0.6) is 0 Å². The summed E-state index contributed by atoms with van der Waals surface area (Å²) in [5.41, 5.74) is 1.40. The van der Waals surface area contributed by atoms with E-state index in [0.29, 0.717) is 12.4 Å². The Labute approximate surface area is 114 Å². The highest BCUT2D eigenvalue weighted by molar-refractivity contribution is 5.34. The zero-order chi connectivity index (χ0) is 14.6. The molecule has 0 amide bonds. The van der Waals surface area contributed by atoms with Gasteiger partial charge >= 0.3 is 6.18 Å². The molecule has 20 heavy (non-hydrogen) atoms. The van der Waals surface area contributed by atoms with E-state index in [1.807, 2.05) is 31.2 Å². The van der Waals surface area contributed by atoms with Gasteiger partial charge in [0, 0.05) is 6.54 Å². The van der Waals surface area contributed by atoms with Gasteiger partial charge in [-0.25, -0.2) is 0 Å². The molecule has 1 aromatic heterocycles. The van der Waals surface area contributed by atoms with Gasteiger partial charge in [0.15, 0.2) is 5.69 Å². The highest BCUT2D eigenvalue weighted by Crippen LogP contribution is 2.27. The molecule has 2 aromatic rings. The summed E-state index contributed by atoms with van der Waals surface area (Å²) in [4.78, 5) is 0. The average Bonchev–Trinajstić information content (AvgIpc) is 2.40. The van der Waals surface area contributed by atoms with Crippen LogP contribution in [-0.4, -0.2) is 16.7 Å². The van der Waals surface area contributed by atoms with Gasteiger partial charge in [0.1, 0.15) is 5.82 Å². The van der Waals surface area contributed by atoms with Gasteiger partial charge in [-0.05, 0) is 36.6 Å². The summed E-state index contributed by atoms with van der Waals surface area (Å²) in [5.74, 6) is 0.339. The third kappa shape index (κ3) is 3.69. The van der Waals surface area contributed by atoms with Crippen molar-refractivity contribution in [2.45, 2.75) is 19.5 Å². The number of aryl methyl sites for hydroxylation is 1. The molecule has 0 fully saturated rings. The molecule has 6 heteroatoms. The summed E-state index contributed by atoms with van der Waals surface area (Å²) >= 11 is 0. The SMILES string of the molecule is Cc1ccccc1CCNc1ccc(C(F)(F)F)nn1. The zero-order valence-corrected chi connectivity index (χ0v) is 10.9. The first-order valence-corrected chi connectivity index (χ1v) is 6.16. The quantitative estimate of drug-likeness (QED) is 0.932. The molecule has 0 saturated heterocycles. The molecular formula is C14H14F3N3. The molecular weight excluding hydrogens is 267 g/mol. The first-order chi connectivity index (χ1) is 9.47. The van der Waals surface area contributed by atoms with Crippen molar-refractivity contribution in [2.75, 3.05) is 11.9 Å². The third-order valence-electron chi connectivity index (χ3n) is 2.92. The fourth-order valence-electron chi connectivity index (χ4n) is 1.79. The van der Waals surface area contributed by atoms with Crippen LogP contribution < -0.4 is 5.32 Å². The standard InChI is InChI=1S/C14H14F3N3/c1-10-4-2-3-5-11(10)8-9-18-13-7-6-12(19-20-13)14(15,16)17/h2-7H,8-9H2,1H3,(H,18,20). The summed E-state index contributed by atoms with van der Waals surface area (Å²) in [5, 5.41) is 9.63. The van der Waals surface area contributed by atoms with Crippen LogP contribution in [0.1, 0.15) is 16.8 Å². The molecule has 1 heterocycles. The molecule has 0 radical (unpaired) electrons. The molecule has 2 rings (SSSR count). The van der Waals surface area contributed by atoms with E-state index in [9.17, 15) is 13.2 Å². The van der Waals surface area contributed by atoms with Gasteiger partial charge in [-0.2, -0.15) is 13.2 Å². The molecule has 3 nitrogen and oxygen atoms in total. The number of nitrogens with one attached hydrogen (secondary N) is 1. The maximum Gasteiger partial charge on any atom is 0.435 e. The molecule has 0 aliphatic heterocycles. The Kier molecular flexibility index (Phi) is 4.22. The van der Waals surface area contributed by atoms with Crippen LogP contribution in [0.3, 0.4) is 0 Å². The molecule has 0 aliphatic rings. The van der Waals surface area contributed by atoms with Crippen molar-refractivity contribution in [3.05, 3.63) is 53.2 Å². The number of nitrogens with zero attached hydrogens (tertiary/aromatic N) is 2. The number of aromatic nitrogens is 2. The van der Waals surface area contributed by atoms with Crippen LogP contribution in [0, 0.1) is 6.92 Å². The minimum Gasteiger partial charge on any atom is -0.368 e. The number of alkyl halides is 3. The van der Waals surface area contributed by atoms with Crippen molar-refractivity contribution in [3.8, 4) is 0 Å². The van der Waals surface area contributed by atoms with Crippen molar-refractivity contribution in [1.82, 2.24) is 10.2 Å². The van der Waals surface area contributed by atoms with Gasteiger partial charge in [-0.15, -0.1) is 10.2 Å². The Morgan fingerprint density at radius 2 is 1.80 bits per heavy atom. The molecule has 1 N–H and O–H groups in total. The minimum atomic E-state index is -4.45. The van der Waals surface area contributed by atoms with Crippen molar-refractivity contribution in [2.24, 2.45) is 0 Å². The van der Waals surface area contributed by atoms with Gasteiger partial charge in [-0.3, -0.25) is 0 Å². The molecule has 0 bridgehead atoms. The maximum absolute atomic E-state index is 12.3. The Balaban J connectivity index is 1.90. The largest absolute Gasteiger partial charge is 0.435 e. The van der Waals surface area contributed by atoms with Gasteiger partial charge in [0.25, 0.3) is 0 Å². The fraction of sp³-hybridized carbons (Fsp3) is 0.286. The molecule has 106 valence electrons. The van der Waals surface area contributed by atoms with Crippen LogP contribution in [0.25, 0.3) is 0 Å². The number of hydrogen-bond donors (Lipinski definition) is 1. The summed E-state index contributed by atoms with van der Waals surface area (Å²) < 4.78 is 36.9. The first-order valence-electron chi connectivity index (χ1n) is 6.16. The smallest absolute Gasteiger partial charge is 0.368 e.